The van der Waals surface area contributed by atoms with E-state index < -0.39 is 10.1 Å². The largest absolute Gasteiger partial charge is 0.297 e. The molecule has 1 atom stereocenters. The van der Waals surface area contributed by atoms with Gasteiger partial charge in [0.15, 0.2) is 0 Å². The van der Waals surface area contributed by atoms with Crippen LogP contribution in [0.25, 0.3) is 0 Å². The Hall–Kier alpha value is -1.65. The molecule has 0 N–H and O–H groups in total. The Bertz CT molecular complexity index is 718. The zero-order valence-corrected chi connectivity index (χ0v) is 12.1. The molecular formula is C16H16O3S. The second kappa shape index (κ2) is 5.04. The quantitative estimate of drug-likeness (QED) is 0.813. The Morgan fingerprint density at radius 3 is 2.50 bits per heavy atom. The van der Waals surface area contributed by atoms with E-state index in [9.17, 15) is 8.42 Å². The predicted octanol–water partition coefficient (Wildman–Crippen LogP) is 3.39. The van der Waals surface area contributed by atoms with Gasteiger partial charge in [-0.25, -0.2) is 0 Å². The highest BCUT2D eigenvalue weighted by Crippen LogP contribution is 2.36. The van der Waals surface area contributed by atoms with Gasteiger partial charge in [0.05, 0.1) is 4.90 Å². The molecule has 2 aromatic carbocycles. The van der Waals surface area contributed by atoms with Gasteiger partial charge in [0.25, 0.3) is 10.1 Å². The molecule has 0 aliphatic heterocycles. The van der Waals surface area contributed by atoms with Crippen molar-refractivity contribution in [3.8, 4) is 0 Å². The van der Waals surface area contributed by atoms with Gasteiger partial charge in [-0.15, -0.1) is 0 Å². The van der Waals surface area contributed by atoms with Gasteiger partial charge < -0.3 is 0 Å². The van der Waals surface area contributed by atoms with Gasteiger partial charge in [-0.05, 0) is 43.0 Å². The maximum Gasteiger partial charge on any atom is 0.297 e. The summed E-state index contributed by atoms with van der Waals surface area (Å²) in [6.45, 7) is 1.92. The van der Waals surface area contributed by atoms with Crippen LogP contribution in [0.3, 0.4) is 0 Å². The SMILES string of the molecule is Cc1ccc(S(=O)(=O)O[C@@H]2CCc3ccccc32)cc1. The van der Waals surface area contributed by atoms with Crippen molar-refractivity contribution in [2.75, 3.05) is 0 Å². The van der Waals surface area contributed by atoms with Crippen molar-refractivity contribution >= 4 is 10.1 Å². The van der Waals surface area contributed by atoms with E-state index in [1.165, 1.54) is 5.56 Å². The van der Waals surface area contributed by atoms with Crippen molar-refractivity contribution in [1.29, 1.82) is 0 Å². The normalized spacial score (nSPS) is 17.9. The summed E-state index contributed by atoms with van der Waals surface area (Å²) < 4.78 is 30.0. The lowest BCUT2D eigenvalue weighted by molar-refractivity contribution is 0.215. The van der Waals surface area contributed by atoms with Crippen molar-refractivity contribution in [3.05, 3.63) is 65.2 Å². The molecule has 0 bridgehead atoms. The van der Waals surface area contributed by atoms with Crippen LogP contribution in [-0.4, -0.2) is 8.42 Å². The molecule has 0 heterocycles. The van der Waals surface area contributed by atoms with Crippen molar-refractivity contribution in [2.24, 2.45) is 0 Å². The van der Waals surface area contributed by atoms with Crippen LogP contribution in [0.15, 0.2) is 53.4 Å². The first-order valence-electron chi connectivity index (χ1n) is 6.64. The van der Waals surface area contributed by atoms with Gasteiger partial charge in [-0.2, -0.15) is 8.42 Å². The maximum absolute atomic E-state index is 12.3. The summed E-state index contributed by atoms with van der Waals surface area (Å²) in [7, 11) is -3.70. The number of aryl methyl sites for hydroxylation is 2. The minimum atomic E-state index is -3.70. The molecule has 3 rings (SSSR count). The summed E-state index contributed by atoms with van der Waals surface area (Å²) >= 11 is 0. The number of benzene rings is 2. The Balaban J connectivity index is 1.86. The number of rotatable bonds is 3. The fourth-order valence-electron chi connectivity index (χ4n) is 2.53. The zero-order valence-electron chi connectivity index (χ0n) is 11.2. The van der Waals surface area contributed by atoms with Gasteiger partial charge in [-0.1, -0.05) is 42.0 Å². The summed E-state index contributed by atoms with van der Waals surface area (Å²) in [6.07, 6.45) is 1.21. The minimum Gasteiger partial charge on any atom is -0.258 e. The van der Waals surface area contributed by atoms with Gasteiger partial charge in [0.2, 0.25) is 0 Å². The van der Waals surface area contributed by atoms with E-state index in [4.69, 9.17) is 4.18 Å². The number of hydrogen-bond donors (Lipinski definition) is 0. The third-order valence-electron chi connectivity index (χ3n) is 3.63. The highest BCUT2D eigenvalue weighted by Gasteiger charge is 2.28. The summed E-state index contributed by atoms with van der Waals surface area (Å²) in [5.74, 6) is 0. The van der Waals surface area contributed by atoms with Crippen LogP contribution in [0.2, 0.25) is 0 Å². The summed E-state index contributed by atoms with van der Waals surface area (Å²) in [5, 5.41) is 0. The molecule has 1 aliphatic rings. The molecule has 0 unspecified atom stereocenters. The van der Waals surface area contributed by atoms with Gasteiger partial charge in [0, 0.05) is 0 Å². The van der Waals surface area contributed by atoms with Crippen LogP contribution in [-0.2, 0) is 20.7 Å². The molecule has 0 saturated carbocycles. The third-order valence-corrected chi connectivity index (χ3v) is 4.97. The van der Waals surface area contributed by atoms with Gasteiger partial charge >= 0.3 is 0 Å². The fourth-order valence-corrected chi connectivity index (χ4v) is 3.62. The average Bonchev–Trinajstić information content (AvgIpc) is 2.82. The van der Waals surface area contributed by atoms with Crippen LogP contribution in [0, 0.1) is 6.92 Å². The van der Waals surface area contributed by atoms with Crippen molar-refractivity contribution < 1.29 is 12.6 Å². The lowest BCUT2D eigenvalue weighted by atomic mass is 10.1. The fraction of sp³-hybridized carbons (Fsp3) is 0.250. The Morgan fingerprint density at radius 2 is 1.75 bits per heavy atom. The molecule has 2 aromatic rings. The molecular weight excluding hydrogens is 272 g/mol. The zero-order chi connectivity index (χ0) is 14.2. The number of fused-ring (bicyclic) bond motifs is 1. The van der Waals surface area contributed by atoms with Crippen LogP contribution in [0.5, 0.6) is 0 Å². The maximum atomic E-state index is 12.3. The molecule has 3 nitrogen and oxygen atoms in total. The van der Waals surface area contributed by atoms with E-state index in [1.807, 2.05) is 31.2 Å². The van der Waals surface area contributed by atoms with Crippen molar-refractivity contribution in [1.82, 2.24) is 0 Å². The molecule has 0 aromatic heterocycles. The summed E-state index contributed by atoms with van der Waals surface area (Å²) in [6, 6.07) is 14.6. The molecule has 4 heteroatoms. The standard InChI is InChI=1S/C16H16O3S/c1-12-6-9-14(10-7-12)20(17,18)19-16-11-8-13-4-2-3-5-15(13)16/h2-7,9-10,16H,8,11H2,1H3/t16-/m1/s1. The minimum absolute atomic E-state index is 0.215. The second-order valence-corrected chi connectivity index (χ2v) is 6.66. The molecule has 20 heavy (non-hydrogen) atoms. The van der Waals surface area contributed by atoms with E-state index in [0.29, 0.717) is 6.42 Å². The highest BCUT2D eigenvalue weighted by atomic mass is 32.2. The lowest BCUT2D eigenvalue weighted by Crippen LogP contribution is -2.10. The Morgan fingerprint density at radius 1 is 1.05 bits per heavy atom. The topological polar surface area (TPSA) is 43.4 Å². The molecule has 104 valence electrons. The predicted molar refractivity (Wildman–Crippen MR) is 77.0 cm³/mol. The van der Waals surface area contributed by atoms with Crippen LogP contribution in [0.1, 0.15) is 29.2 Å². The Kier molecular flexibility index (Phi) is 3.36. The van der Waals surface area contributed by atoms with E-state index >= 15 is 0 Å². The average molecular weight is 288 g/mol. The van der Waals surface area contributed by atoms with E-state index in [0.717, 1.165) is 17.5 Å². The van der Waals surface area contributed by atoms with Crippen LogP contribution >= 0.6 is 0 Å². The van der Waals surface area contributed by atoms with Gasteiger partial charge in [-0.3, -0.25) is 4.18 Å². The Labute approximate surface area is 119 Å². The van der Waals surface area contributed by atoms with E-state index in [-0.39, 0.29) is 11.0 Å². The van der Waals surface area contributed by atoms with Crippen molar-refractivity contribution in [3.63, 3.8) is 0 Å². The van der Waals surface area contributed by atoms with E-state index in [2.05, 4.69) is 0 Å². The molecule has 0 saturated heterocycles. The second-order valence-electron chi connectivity index (χ2n) is 5.09. The number of hydrogen-bond acceptors (Lipinski definition) is 3. The van der Waals surface area contributed by atoms with Gasteiger partial charge in [0.1, 0.15) is 6.10 Å². The van der Waals surface area contributed by atoms with E-state index in [1.54, 1.807) is 24.3 Å². The lowest BCUT2D eigenvalue weighted by Gasteiger charge is -2.13. The van der Waals surface area contributed by atoms with Crippen molar-refractivity contribution in [2.45, 2.75) is 30.8 Å². The summed E-state index contributed by atoms with van der Waals surface area (Å²) in [5.41, 5.74) is 3.19. The smallest absolute Gasteiger partial charge is 0.258 e. The first kappa shape index (κ1) is 13.3. The molecule has 0 radical (unpaired) electrons. The first-order chi connectivity index (χ1) is 9.56. The first-order valence-corrected chi connectivity index (χ1v) is 8.05. The van der Waals surface area contributed by atoms with Crippen LogP contribution < -0.4 is 0 Å². The summed E-state index contributed by atoms with van der Waals surface area (Å²) in [4.78, 5) is 0.215. The highest BCUT2D eigenvalue weighted by molar-refractivity contribution is 7.86. The third kappa shape index (κ3) is 2.49. The molecule has 0 spiro atoms. The monoisotopic (exact) mass is 288 g/mol. The molecule has 1 aliphatic carbocycles. The molecule has 0 amide bonds. The molecule has 0 fully saturated rings. The van der Waals surface area contributed by atoms with Crippen LogP contribution in [0.4, 0.5) is 0 Å².